The van der Waals surface area contributed by atoms with E-state index in [-0.39, 0.29) is 12.2 Å². The third-order valence-electron chi connectivity index (χ3n) is 3.28. The minimum Gasteiger partial charge on any atom is -0.494 e. The maximum Gasteiger partial charge on any atom is 0.272 e. The van der Waals surface area contributed by atoms with E-state index < -0.39 is 0 Å². The minimum atomic E-state index is -0.282. The molecule has 0 spiro atoms. The van der Waals surface area contributed by atoms with Crippen LogP contribution in [0.5, 0.6) is 5.75 Å². The highest BCUT2D eigenvalue weighted by Crippen LogP contribution is 2.21. The molecule has 1 N–H and O–H groups in total. The first kappa shape index (κ1) is 16.2. The molecule has 0 unspecified atom stereocenters. The highest BCUT2D eigenvalue weighted by atomic mass is 16.5. The zero-order valence-corrected chi connectivity index (χ0v) is 13.1. The van der Waals surface area contributed by atoms with Gasteiger partial charge in [-0.2, -0.15) is 5.10 Å². The Balaban J connectivity index is 2.35. The SMILES string of the molecule is CCCOc1ccc(-c2cc(CO)c(=O)n(CCC)n2)cc1. The van der Waals surface area contributed by atoms with Crippen molar-refractivity contribution in [1.29, 1.82) is 0 Å². The second-order valence-corrected chi connectivity index (χ2v) is 5.11. The van der Waals surface area contributed by atoms with Gasteiger partial charge in [0, 0.05) is 17.7 Å². The molecule has 2 rings (SSSR count). The molecule has 0 fully saturated rings. The van der Waals surface area contributed by atoms with E-state index in [1.165, 1.54) is 4.68 Å². The summed E-state index contributed by atoms with van der Waals surface area (Å²) in [5.74, 6) is 0.815. The summed E-state index contributed by atoms with van der Waals surface area (Å²) in [5.41, 5.74) is 1.71. The zero-order chi connectivity index (χ0) is 15.9. The first-order chi connectivity index (χ1) is 10.7. The van der Waals surface area contributed by atoms with Crippen molar-refractivity contribution < 1.29 is 9.84 Å². The molecule has 0 bridgehead atoms. The molecule has 0 saturated carbocycles. The number of aryl methyl sites for hydroxylation is 1. The lowest BCUT2D eigenvalue weighted by molar-refractivity contribution is 0.278. The largest absolute Gasteiger partial charge is 0.494 e. The van der Waals surface area contributed by atoms with Crippen molar-refractivity contribution in [3.8, 4) is 17.0 Å². The third-order valence-corrected chi connectivity index (χ3v) is 3.28. The number of nitrogens with zero attached hydrogens (tertiary/aromatic N) is 2. The van der Waals surface area contributed by atoms with Gasteiger partial charge in [0.05, 0.1) is 18.9 Å². The van der Waals surface area contributed by atoms with E-state index in [9.17, 15) is 9.90 Å². The van der Waals surface area contributed by atoms with Crippen LogP contribution in [0.1, 0.15) is 32.3 Å². The molecule has 22 heavy (non-hydrogen) atoms. The topological polar surface area (TPSA) is 64.3 Å². The second kappa shape index (κ2) is 7.75. The third kappa shape index (κ3) is 3.74. The van der Waals surface area contributed by atoms with Gasteiger partial charge in [-0.25, -0.2) is 4.68 Å². The number of hydrogen-bond acceptors (Lipinski definition) is 4. The van der Waals surface area contributed by atoms with E-state index in [0.29, 0.717) is 24.4 Å². The Morgan fingerprint density at radius 1 is 1.18 bits per heavy atom. The Morgan fingerprint density at radius 3 is 2.50 bits per heavy atom. The monoisotopic (exact) mass is 302 g/mol. The van der Waals surface area contributed by atoms with Crippen molar-refractivity contribution in [3.05, 3.63) is 46.2 Å². The van der Waals surface area contributed by atoms with Crippen molar-refractivity contribution >= 4 is 0 Å². The predicted molar refractivity (Wildman–Crippen MR) is 85.9 cm³/mol. The highest BCUT2D eigenvalue weighted by molar-refractivity contribution is 5.60. The first-order valence-corrected chi connectivity index (χ1v) is 7.64. The van der Waals surface area contributed by atoms with Crippen molar-refractivity contribution in [2.75, 3.05) is 6.61 Å². The molecule has 0 aliphatic heterocycles. The zero-order valence-electron chi connectivity index (χ0n) is 13.1. The van der Waals surface area contributed by atoms with E-state index >= 15 is 0 Å². The fourth-order valence-electron chi connectivity index (χ4n) is 2.16. The number of rotatable bonds is 7. The average molecular weight is 302 g/mol. The quantitative estimate of drug-likeness (QED) is 0.854. The van der Waals surface area contributed by atoms with Gasteiger partial charge in [-0.15, -0.1) is 0 Å². The number of aliphatic hydroxyl groups excluding tert-OH is 1. The van der Waals surface area contributed by atoms with Crippen LogP contribution < -0.4 is 10.3 Å². The minimum absolute atomic E-state index is 0.226. The van der Waals surface area contributed by atoms with Gasteiger partial charge in [0.1, 0.15) is 5.75 Å². The standard InChI is InChI=1S/C17H22N2O3/c1-3-9-19-17(21)14(12-20)11-16(18-19)13-5-7-15(8-6-13)22-10-4-2/h5-8,11,20H,3-4,9-10,12H2,1-2H3. The molecular weight excluding hydrogens is 280 g/mol. The molecule has 0 radical (unpaired) electrons. The van der Waals surface area contributed by atoms with Crippen molar-refractivity contribution in [3.63, 3.8) is 0 Å². The summed E-state index contributed by atoms with van der Waals surface area (Å²) >= 11 is 0. The molecule has 0 amide bonds. The maximum absolute atomic E-state index is 12.1. The number of benzene rings is 1. The molecule has 1 heterocycles. The van der Waals surface area contributed by atoms with Crippen LogP contribution in [0.4, 0.5) is 0 Å². The van der Waals surface area contributed by atoms with Crippen LogP contribution in [0.2, 0.25) is 0 Å². The average Bonchev–Trinajstić information content (AvgIpc) is 2.55. The summed E-state index contributed by atoms with van der Waals surface area (Å²) in [7, 11) is 0. The van der Waals surface area contributed by atoms with Crippen LogP contribution >= 0.6 is 0 Å². The van der Waals surface area contributed by atoms with Gasteiger partial charge in [-0.3, -0.25) is 4.79 Å². The van der Waals surface area contributed by atoms with E-state index in [1.807, 2.05) is 31.2 Å². The molecule has 1 aromatic carbocycles. The Labute approximate surface area is 130 Å². The predicted octanol–water partition coefficient (Wildman–Crippen LogP) is 2.60. The molecule has 1 aromatic heterocycles. The van der Waals surface area contributed by atoms with Crippen LogP contribution in [-0.4, -0.2) is 21.5 Å². The van der Waals surface area contributed by atoms with Crippen molar-refractivity contribution in [2.45, 2.75) is 39.8 Å². The Kier molecular flexibility index (Phi) is 5.72. The van der Waals surface area contributed by atoms with E-state index in [1.54, 1.807) is 6.07 Å². The van der Waals surface area contributed by atoms with Crippen LogP contribution in [0.3, 0.4) is 0 Å². The van der Waals surface area contributed by atoms with Crippen LogP contribution in [0, 0.1) is 0 Å². The normalized spacial score (nSPS) is 10.7. The molecule has 0 atom stereocenters. The van der Waals surface area contributed by atoms with Gasteiger partial charge in [0.25, 0.3) is 5.56 Å². The smallest absolute Gasteiger partial charge is 0.272 e. The summed E-state index contributed by atoms with van der Waals surface area (Å²) in [6, 6.07) is 9.25. The van der Waals surface area contributed by atoms with Gasteiger partial charge in [-0.05, 0) is 43.2 Å². The molecule has 118 valence electrons. The fraction of sp³-hybridized carbons (Fsp3) is 0.412. The van der Waals surface area contributed by atoms with Gasteiger partial charge in [-0.1, -0.05) is 13.8 Å². The highest BCUT2D eigenvalue weighted by Gasteiger charge is 2.09. The summed E-state index contributed by atoms with van der Waals surface area (Å²) in [6.45, 7) is 4.99. The summed E-state index contributed by atoms with van der Waals surface area (Å²) < 4.78 is 6.98. The van der Waals surface area contributed by atoms with Gasteiger partial charge in [0.2, 0.25) is 0 Å². The van der Waals surface area contributed by atoms with E-state index in [2.05, 4.69) is 12.0 Å². The molecule has 2 aromatic rings. The molecule has 5 heteroatoms. The van der Waals surface area contributed by atoms with Gasteiger partial charge >= 0.3 is 0 Å². The van der Waals surface area contributed by atoms with Crippen LogP contribution in [0.15, 0.2) is 35.1 Å². The number of ether oxygens (including phenoxy) is 1. The Hall–Kier alpha value is -2.14. The lowest BCUT2D eigenvalue weighted by atomic mass is 10.1. The number of aromatic nitrogens is 2. The van der Waals surface area contributed by atoms with Crippen molar-refractivity contribution in [1.82, 2.24) is 9.78 Å². The summed E-state index contributed by atoms with van der Waals surface area (Å²) in [4.78, 5) is 12.1. The maximum atomic E-state index is 12.1. The lowest BCUT2D eigenvalue weighted by Crippen LogP contribution is -2.26. The molecule has 0 saturated heterocycles. The fourth-order valence-corrected chi connectivity index (χ4v) is 2.16. The molecule has 5 nitrogen and oxygen atoms in total. The van der Waals surface area contributed by atoms with E-state index in [0.717, 1.165) is 24.2 Å². The van der Waals surface area contributed by atoms with Gasteiger partial charge in [0.15, 0.2) is 0 Å². The Bertz CT molecular complexity index is 663. The van der Waals surface area contributed by atoms with Crippen molar-refractivity contribution in [2.24, 2.45) is 0 Å². The molecule has 0 aliphatic carbocycles. The first-order valence-electron chi connectivity index (χ1n) is 7.64. The number of hydrogen-bond donors (Lipinski definition) is 1. The summed E-state index contributed by atoms with van der Waals surface area (Å²) in [5, 5.41) is 13.7. The molecule has 0 aliphatic rings. The van der Waals surface area contributed by atoms with E-state index in [4.69, 9.17) is 4.74 Å². The Morgan fingerprint density at radius 2 is 1.91 bits per heavy atom. The number of aliphatic hydroxyl groups is 1. The molecular formula is C17H22N2O3. The second-order valence-electron chi connectivity index (χ2n) is 5.11. The van der Waals surface area contributed by atoms with Crippen LogP contribution in [-0.2, 0) is 13.2 Å². The summed E-state index contributed by atoms with van der Waals surface area (Å²) in [6.07, 6.45) is 1.77. The lowest BCUT2D eigenvalue weighted by Gasteiger charge is -2.10. The van der Waals surface area contributed by atoms with Crippen LogP contribution in [0.25, 0.3) is 11.3 Å². The van der Waals surface area contributed by atoms with Gasteiger partial charge < -0.3 is 9.84 Å².